The third kappa shape index (κ3) is 8.00. The maximum absolute atomic E-state index is 12.5. The summed E-state index contributed by atoms with van der Waals surface area (Å²) in [5, 5.41) is 5.85. The summed E-state index contributed by atoms with van der Waals surface area (Å²) in [4.78, 5) is 38.9. The Labute approximate surface area is 187 Å². The van der Waals surface area contributed by atoms with E-state index in [0.717, 1.165) is 6.42 Å². The molecule has 31 heavy (non-hydrogen) atoms. The van der Waals surface area contributed by atoms with Crippen molar-refractivity contribution in [3.8, 4) is 0 Å². The largest absolute Gasteiger partial charge is 0.356 e. The standard InChI is InChI=1S/C25H39N3O3/c1-18(2)10-14-26-24(31)20-12-16-28(17-13-20)22(29)11-15-27-23(30)19-6-8-21(9-7-19)25(3,4)5/h6-9,18,20H,10-17H2,1-5H3,(H,26,31)(H,27,30). The van der Waals surface area contributed by atoms with Crippen LogP contribution in [-0.2, 0) is 15.0 Å². The Morgan fingerprint density at radius 2 is 1.61 bits per heavy atom. The first-order chi connectivity index (χ1) is 14.6. The van der Waals surface area contributed by atoms with E-state index in [2.05, 4.69) is 45.3 Å². The van der Waals surface area contributed by atoms with Crippen LogP contribution in [0.2, 0.25) is 0 Å². The van der Waals surface area contributed by atoms with Crippen LogP contribution < -0.4 is 10.6 Å². The van der Waals surface area contributed by atoms with Crippen LogP contribution >= 0.6 is 0 Å². The Kier molecular flexibility index (Phi) is 9.08. The zero-order chi connectivity index (χ0) is 23.0. The summed E-state index contributed by atoms with van der Waals surface area (Å²) in [6.45, 7) is 12.9. The minimum atomic E-state index is -0.162. The predicted molar refractivity (Wildman–Crippen MR) is 124 cm³/mol. The zero-order valence-electron chi connectivity index (χ0n) is 19.8. The first kappa shape index (κ1) is 24.9. The summed E-state index contributed by atoms with van der Waals surface area (Å²) >= 11 is 0. The number of benzene rings is 1. The first-order valence-electron chi connectivity index (χ1n) is 11.5. The van der Waals surface area contributed by atoms with Crippen molar-refractivity contribution in [3.05, 3.63) is 35.4 Å². The van der Waals surface area contributed by atoms with E-state index in [1.807, 2.05) is 29.2 Å². The van der Waals surface area contributed by atoms with Gasteiger partial charge >= 0.3 is 0 Å². The van der Waals surface area contributed by atoms with Crippen molar-refractivity contribution in [1.82, 2.24) is 15.5 Å². The van der Waals surface area contributed by atoms with Crippen LogP contribution in [0.1, 0.15) is 76.2 Å². The van der Waals surface area contributed by atoms with Gasteiger partial charge in [-0.15, -0.1) is 0 Å². The summed E-state index contributed by atoms with van der Waals surface area (Å²) in [7, 11) is 0. The lowest BCUT2D eigenvalue weighted by atomic mass is 9.87. The molecule has 0 radical (unpaired) electrons. The van der Waals surface area contributed by atoms with E-state index >= 15 is 0 Å². The number of nitrogens with zero attached hydrogens (tertiary/aromatic N) is 1. The zero-order valence-corrected chi connectivity index (χ0v) is 19.8. The molecule has 0 atom stereocenters. The summed E-state index contributed by atoms with van der Waals surface area (Å²) < 4.78 is 0. The Morgan fingerprint density at radius 1 is 1.00 bits per heavy atom. The van der Waals surface area contributed by atoms with Gasteiger partial charge in [-0.25, -0.2) is 0 Å². The van der Waals surface area contributed by atoms with E-state index in [1.165, 1.54) is 5.56 Å². The Bertz CT molecular complexity index is 742. The van der Waals surface area contributed by atoms with E-state index in [4.69, 9.17) is 0 Å². The molecule has 1 fully saturated rings. The van der Waals surface area contributed by atoms with Crippen LogP contribution in [0.3, 0.4) is 0 Å². The maximum atomic E-state index is 12.5. The number of nitrogens with one attached hydrogen (secondary N) is 2. The molecule has 1 aromatic carbocycles. The minimum Gasteiger partial charge on any atom is -0.356 e. The highest BCUT2D eigenvalue weighted by Gasteiger charge is 2.27. The second-order valence-electron chi connectivity index (χ2n) is 9.96. The summed E-state index contributed by atoms with van der Waals surface area (Å²) in [6.07, 6.45) is 2.66. The molecular formula is C25H39N3O3. The highest BCUT2D eigenvalue weighted by Crippen LogP contribution is 2.22. The topological polar surface area (TPSA) is 78.5 Å². The van der Waals surface area contributed by atoms with E-state index in [9.17, 15) is 14.4 Å². The average Bonchev–Trinajstić information content (AvgIpc) is 2.72. The molecule has 1 aliphatic heterocycles. The molecule has 1 saturated heterocycles. The van der Waals surface area contributed by atoms with Gasteiger partial charge in [-0.2, -0.15) is 0 Å². The number of amides is 3. The SMILES string of the molecule is CC(C)CCNC(=O)C1CCN(C(=O)CCNC(=O)c2ccc(C(C)(C)C)cc2)CC1. The van der Waals surface area contributed by atoms with Crippen molar-refractivity contribution < 1.29 is 14.4 Å². The highest BCUT2D eigenvalue weighted by molar-refractivity contribution is 5.94. The van der Waals surface area contributed by atoms with Gasteiger partial charge in [0.25, 0.3) is 5.91 Å². The lowest BCUT2D eigenvalue weighted by Crippen LogP contribution is -2.44. The molecule has 1 aromatic rings. The molecule has 2 rings (SSSR count). The molecule has 0 aliphatic carbocycles. The number of piperidine rings is 1. The molecule has 6 heteroatoms. The molecule has 0 spiro atoms. The molecule has 1 heterocycles. The van der Waals surface area contributed by atoms with Gasteiger partial charge in [0.1, 0.15) is 0 Å². The quantitative estimate of drug-likeness (QED) is 0.664. The lowest BCUT2D eigenvalue weighted by molar-refractivity contribution is -0.135. The van der Waals surface area contributed by atoms with Crippen LogP contribution in [0.5, 0.6) is 0 Å². The van der Waals surface area contributed by atoms with Gasteiger partial charge < -0.3 is 15.5 Å². The summed E-state index contributed by atoms with van der Waals surface area (Å²) in [6, 6.07) is 7.61. The molecular weight excluding hydrogens is 390 g/mol. The van der Waals surface area contributed by atoms with Gasteiger partial charge in [0.2, 0.25) is 11.8 Å². The van der Waals surface area contributed by atoms with Gasteiger partial charge in [0.15, 0.2) is 0 Å². The van der Waals surface area contributed by atoms with E-state index < -0.39 is 0 Å². The molecule has 0 unspecified atom stereocenters. The van der Waals surface area contributed by atoms with Crippen LogP contribution in [0.15, 0.2) is 24.3 Å². The Hall–Kier alpha value is -2.37. The third-order valence-electron chi connectivity index (χ3n) is 5.88. The number of hydrogen-bond acceptors (Lipinski definition) is 3. The van der Waals surface area contributed by atoms with Gasteiger partial charge in [0, 0.05) is 44.1 Å². The lowest BCUT2D eigenvalue weighted by Gasteiger charge is -2.31. The monoisotopic (exact) mass is 429 g/mol. The molecule has 3 amide bonds. The Morgan fingerprint density at radius 3 is 2.16 bits per heavy atom. The average molecular weight is 430 g/mol. The fourth-order valence-electron chi connectivity index (χ4n) is 3.68. The normalized spacial score (nSPS) is 15.1. The molecule has 2 N–H and O–H groups in total. The van der Waals surface area contributed by atoms with Crippen molar-refractivity contribution in [3.63, 3.8) is 0 Å². The molecule has 0 bridgehead atoms. The second-order valence-corrected chi connectivity index (χ2v) is 9.96. The second kappa shape index (κ2) is 11.3. The summed E-state index contributed by atoms with van der Waals surface area (Å²) in [5.41, 5.74) is 1.82. The van der Waals surface area contributed by atoms with Crippen molar-refractivity contribution in [2.24, 2.45) is 11.8 Å². The van der Waals surface area contributed by atoms with E-state index in [-0.39, 0.29) is 35.5 Å². The minimum absolute atomic E-state index is 0.00742. The molecule has 0 aromatic heterocycles. The predicted octanol–water partition coefficient (Wildman–Crippen LogP) is 3.50. The van der Waals surface area contributed by atoms with Gasteiger partial charge in [-0.1, -0.05) is 46.8 Å². The first-order valence-corrected chi connectivity index (χ1v) is 11.5. The molecule has 1 aliphatic rings. The molecule has 6 nitrogen and oxygen atoms in total. The number of carbonyl (C=O) groups excluding carboxylic acids is 3. The van der Waals surface area contributed by atoms with Crippen LogP contribution in [0, 0.1) is 11.8 Å². The fourth-order valence-corrected chi connectivity index (χ4v) is 3.68. The van der Waals surface area contributed by atoms with Crippen LogP contribution in [0.4, 0.5) is 0 Å². The number of rotatable bonds is 8. The van der Waals surface area contributed by atoms with Gasteiger partial charge in [-0.3, -0.25) is 14.4 Å². The van der Waals surface area contributed by atoms with Crippen molar-refractivity contribution in [2.75, 3.05) is 26.2 Å². The maximum Gasteiger partial charge on any atom is 0.251 e. The van der Waals surface area contributed by atoms with Crippen molar-refractivity contribution in [1.29, 1.82) is 0 Å². The van der Waals surface area contributed by atoms with E-state index in [0.29, 0.717) is 50.5 Å². The van der Waals surface area contributed by atoms with Crippen molar-refractivity contribution >= 4 is 17.7 Å². The van der Waals surface area contributed by atoms with Crippen LogP contribution in [-0.4, -0.2) is 48.8 Å². The van der Waals surface area contributed by atoms with Gasteiger partial charge in [-0.05, 0) is 48.3 Å². The van der Waals surface area contributed by atoms with E-state index in [1.54, 1.807) is 0 Å². The fraction of sp³-hybridized carbons (Fsp3) is 0.640. The summed E-state index contributed by atoms with van der Waals surface area (Å²) in [5.74, 6) is 0.541. The third-order valence-corrected chi connectivity index (χ3v) is 5.88. The number of hydrogen-bond donors (Lipinski definition) is 2. The molecule has 172 valence electrons. The number of carbonyl (C=O) groups is 3. The Balaban J connectivity index is 1.69. The molecule has 0 saturated carbocycles. The number of likely N-dealkylation sites (tertiary alicyclic amines) is 1. The van der Waals surface area contributed by atoms with Gasteiger partial charge in [0.05, 0.1) is 0 Å². The smallest absolute Gasteiger partial charge is 0.251 e. The van der Waals surface area contributed by atoms with Crippen LogP contribution in [0.25, 0.3) is 0 Å². The van der Waals surface area contributed by atoms with Crippen molar-refractivity contribution in [2.45, 2.75) is 65.7 Å². The highest BCUT2D eigenvalue weighted by atomic mass is 16.2.